The highest BCUT2D eigenvalue weighted by Gasteiger charge is 2.12. The van der Waals surface area contributed by atoms with Gasteiger partial charge in [-0.3, -0.25) is 0 Å². The molecule has 17 heavy (non-hydrogen) atoms. The fourth-order valence-electron chi connectivity index (χ4n) is 1.10. The second kappa shape index (κ2) is 5.75. The standard InChI is InChI=1S/C10H11ClO4S2/c1-17(14,15)5-4-16-9-3-2-7(11)6-8(9)10(12)13/h2-3,6H,4-5H2,1H3,(H,12,13). The lowest BCUT2D eigenvalue weighted by Gasteiger charge is -2.05. The maximum atomic E-state index is 10.9. The van der Waals surface area contributed by atoms with Gasteiger partial charge in [-0.1, -0.05) is 11.6 Å². The maximum absolute atomic E-state index is 10.9. The number of aromatic carboxylic acids is 1. The number of benzene rings is 1. The van der Waals surface area contributed by atoms with Crippen molar-refractivity contribution in [1.29, 1.82) is 0 Å². The van der Waals surface area contributed by atoms with Gasteiger partial charge in [-0.2, -0.15) is 0 Å². The van der Waals surface area contributed by atoms with Crippen LogP contribution in [-0.4, -0.2) is 37.3 Å². The molecule has 94 valence electrons. The highest BCUT2D eigenvalue weighted by Crippen LogP contribution is 2.25. The van der Waals surface area contributed by atoms with Gasteiger partial charge in [-0.25, -0.2) is 13.2 Å². The molecule has 0 bridgehead atoms. The highest BCUT2D eigenvalue weighted by atomic mass is 35.5. The fraction of sp³-hybridized carbons (Fsp3) is 0.300. The summed E-state index contributed by atoms with van der Waals surface area (Å²) in [6.45, 7) is 0. The Balaban J connectivity index is 2.81. The monoisotopic (exact) mass is 294 g/mol. The summed E-state index contributed by atoms with van der Waals surface area (Å²) in [5.74, 6) is -0.741. The first-order chi connectivity index (χ1) is 7.79. The molecule has 0 spiro atoms. The molecule has 0 amide bonds. The summed E-state index contributed by atoms with van der Waals surface area (Å²) < 4.78 is 21.9. The average Bonchev–Trinajstić information content (AvgIpc) is 2.18. The van der Waals surface area contributed by atoms with Gasteiger partial charge in [-0.05, 0) is 18.2 Å². The molecule has 0 saturated heterocycles. The Morgan fingerprint density at radius 3 is 2.65 bits per heavy atom. The van der Waals surface area contributed by atoms with E-state index in [0.29, 0.717) is 15.7 Å². The van der Waals surface area contributed by atoms with Crippen LogP contribution in [0.15, 0.2) is 23.1 Å². The number of carbonyl (C=O) groups is 1. The molecule has 1 rings (SSSR count). The summed E-state index contributed by atoms with van der Waals surface area (Å²) in [7, 11) is -3.03. The second-order valence-corrected chi connectivity index (χ2v) is 7.26. The van der Waals surface area contributed by atoms with Crippen LogP contribution in [-0.2, 0) is 9.84 Å². The topological polar surface area (TPSA) is 71.4 Å². The normalized spacial score (nSPS) is 11.4. The van der Waals surface area contributed by atoms with Crippen LogP contribution in [0.3, 0.4) is 0 Å². The quantitative estimate of drug-likeness (QED) is 0.843. The predicted octanol–water partition coefficient (Wildman–Crippen LogP) is 2.17. The SMILES string of the molecule is CS(=O)(=O)CCSc1ccc(Cl)cc1C(=O)O. The van der Waals surface area contributed by atoms with Crippen molar-refractivity contribution < 1.29 is 18.3 Å². The summed E-state index contributed by atoms with van der Waals surface area (Å²) >= 11 is 6.89. The molecule has 0 aliphatic rings. The van der Waals surface area contributed by atoms with Crippen LogP contribution in [0.5, 0.6) is 0 Å². The van der Waals surface area contributed by atoms with Crippen molar-refractivity contribution >= 4 is 39.2 Å². The first-order valence-corrected chi connectivity index (χ1v) is 8.05. The van der Waals surface area contributed by atoms with Gasteiger partial charge in [0.1, 0.15) is 9.84 Å². The van der Waals surface area contributed by atoms with Crippen LogP contribution in [0.1, 0.15) is 10.4 Å². The van der Waals surface area contributed by atoms with E-state index in [1.807, 2.05) is 0 Å². The van der Waals surface area contributed by atoms with Gasteiger partial charge in [0.25, 0.3) is 0 Å². The molecule has 0 fully saturated rings. The number of hydrogen-bond acceptors (Lipinski definition) is 4. The van der Waals surface area contributed by atoms with Crippen molar-refractivity contribution in [2.45, 2.75) is 4.90 Å². The minimum Gasteiger partial charge on any atom is -0.478 e. The van der Waals surface area contributed by atoms with E-state index < -0.39 is 15.8 Å². The minimum atomic E-state index is -3.03. The van der Waals surface area contributed by atoms with Crippen LogP contribution in [0, 0.1) is 0 Å². The van der Waals surface area contributed by atoms with E-state index in [2.05, 4.69) is 0 Å². The van der Waals surface area contributed by atoms with Crippen molar-refractivity contribution in [1.82, 2.24) is 0 Å². The van der Waals surface area contributed by atoms with E-state index in [-0.39, 0.29) is 11.3 Å². The summed E-state index contributed by atoms with van der Waals surface area (Å²) in [4.78, 5) is 11.5. The summed E-state index contributed by atoms with van der Waals surface area (Å²) in [6, 6.07) is 4.52. The molecule has 7 heteroatoms. The van der Waals surface area contributed by atoms with E-state index in [4.69, 9.17) is 16.7 Å². The number of carboxylic acids is 1. The molecule has 0 saturated carbocycles. The Hall–Kier alpha value is -0.720. The zero-order valence-electron chi connectivity index (χ0n) is 9.01. The Morgan fingerprint density at radius 2 is 2.12 bits per heavy atom. The maximum Gasteiger partial charge on any atom is 0.336 e. The van der Waals surface area contributed by atoms with Crippen LogP contribution in [0.4, 0.5) is 0 Å². The van der Waals surface area contributed by atoms with Crippen molar-refractivity contribution in [3.63, 3.8) is 0 Å². The van der Waals surface area contributed by atoms with Crippen molar-refractivity contribution in [3.05, 3.63) is 28.8 Å². The van der Waals surface area contributed by atoms with E-state index in [9.17, 15) is 13.2 Å². The largest absolute Gasteiger partial charge is 0.478 e. The molecule has 0 aliphatic heterocycles. The van der Waals surface area contributed by atoms with Crippen LogP contribution < -0.4 is 0 Å². The van der Waals surface area contributed by atoms with E-state index in [1.54, 1.807) is 12.1 Å². The summed E-state index contributed by atoms with van der Waals surface area (Å²) in [5, 5.41) is 9.30. The lowest BCUT2D eigenvalue weighted by Crippen LogP contribution is -2.06. The molecule has 1 aromatic rings. The molecular formula is C10H11ClO4S2. The molecule has 0 heterocycles. The van der Waals surface area contributed by atoms with E-state index in [1.165, 1.54) is 17.8 Å². The molecule has 1 N–H and O–H groups in total. The Morgan fingerprint density at radius 1 is 1.47 bits per heavy atom. The molecule has 0 radical (unpaired) electrons. The minimum absolute atomic E-state index is 0.0132. The fourth-order valence-corrected chi connectivity index (χ4v) is 3.50. The number of sulfone groups is 1. The first-order valence-electron chi connectivity index (χ1n) is 4.63. The molecule has 0 aromatic heterocycles. The summed E-state index contributed by atoms with van der Waals surface area (Å²) in [6.07, 6.45) is 1.15. The van der Waals surface area contributed by atoms with Crippen LogP contribution >= 0.6 is 23.4 Å². The van der Waals surface area contributed by atoms with Gasteiger partial charge in [0.2, 0.25) is 0 Å². The zero-order valence-corrected chi connectivity index (χ0v) is 11.4. The van der Waals surface area contributed by atoms with E-state index >= 15 is 0 Å². The average molecular weight is 295 g/mol. The lowest BCUT2D eigenvalue weighted by atomic mass is 10.2. The molecule has 0 aliphatic carbocycles. The van der Waals surface area contributed by atoms with Crippen LogP contribution in [0.2, 0.25) is 5.02 Å². The molecule has 1 aromatic carbocycles. The van der Waals surface area contributed by atoms with Crippen LogP contribution in [0.25, 0.3) is 0 Å². The third-order valence-corrected chi connectivity index (χ3v) is 4.40. The highest BCUT2D eigenvalue weighted by molar-refractivity contribution is 8.00. The lowest BCUT2D eigenvalue weighted by molar-refractivity contribution is 0.0693. The van der Waals surface area contributed by atoms with Gasteiger partial charge in [-0.15, -0.1) is 11.8 Å². The third kappa shape index (κ3) is 4.97. The van der Waals surface area contributed by atoms with E-state index in [0.717, 1.165) is 6.26 Å². The van der Waals surface area contributed by atoms with Gasteiger partial charge in [0.05, 0.1) is 11.3 Å². The number of hydrogen-bond donors (Lipinski definition) is 1. The first kappa shape index (κ1) is 14.3. The second-order valence-electron chi connectivity index (χ2n) is 3.42. The van der Waals surface area contributed by atoms with Crippen molar-refractivity contribution in [2.75, 3.05) is 17.8 Å². The predicted molar refractivity (Wildman–Crippen MR) is 68.8 cm³/mol. The van der Waals surface area contributed by atoms with Gasteiger partial charge in [0, 0.05) is 21.9 Å². The molecule has 4 nitrogen and oxygen atoms in total. The Kier molecular flexibility index (Phi) is 4.85. The van der Waals surface area contributed by atoms with Gasteiger partial charge in [0.15, 0.2) is 0 Å². The van der Waals surface area contributed by atoms with Crippen molar-refractivity contribution in [3.8, 4) is 0 Å². The van der Waals surface area contributed by atoms with Crippen molar-refractivity contribution in [2.24, 2.45) is 0 Å². The smallest absolute Gasteiger partial charge is 0.336 e. The molecule has 0 atom stereocenters. The third-order valence-electron chi connectivity index (χ3n) is 1.88. The molecular weight excluding hydrogens is 284 g/mol. The summed E-state index contributed by atoms with van der Waals surface area (Å²) in [5.41, 5.74) is 0.0935. The number of halogens is 1. The van der Waals surface area contributed by atoms with Gasteiger partial charge < -0.3 is 5.11 Å². The molecule has 0 unspecified atom stereocenters. The van der Waals surface area contributed by atoms with Gasteiger partial charge >= 0.3 is 5.97 Å². The number of thioether (sulfide) groups is 1. The number of rotatable bonds is 5. The number of carboxylic acid groups (broad SMARTS) is 1. The zero-order chi connectivity index (χ0) is 13.1. The Labute approximate surface area is 109 Å². The Bertz CT molecular complexity index is 525.